The number of nitrogens with zero attached hydrogens (tertiary/aromatic N) is 4. The van der Waals surface area contributed by atoms with E-state index in [1.807, 2.05) is 60.7 Å². The Morgan fingerprint density at radius 2 is 0.825 bits per heavy atom. The number of hydrogen-bond acceptors (Lipinski definition) is 15. The fourth-order valence-corrected chi connectivity index (χ4v) is 8.12. The molecule has 12 nitrogen and oxygen atoms in total. The Labute approximate surface area is 343 Å². The molecule has 298 valence electrons. The van der Waals surface area contributed by atoms with Gasteiger partial charge >= 0.3 is 0 Å². The van der Waals surface area contributed by atoms with E-state index in [-0.39, 0.29) is 0 Å². The smallest absolute Gasteiger partial charge is 0.119 e. The lowest BCUT2D eigenvalue weighted by Gasteiger charge is -2.16. The Balaban J connectivity index is 1.18. The Morgan fingerprint density at radius 3 is 1.19 bits per heavy atom. The van der Waals surface area contributed by atoms with Crippen LogP contribution in [0.1, 0.15) is 0 Å². The van der Waals surface area contributed by atoms with Gasteiger partial charge in [-0.2, -0.15) is 8.75 Å². The molecule has 0 amide bonds. The molecule has 0 aliphatic rings. The van der Waals surface area contributed by atoms with Gasteiger partial charge in [0.1, 0.15) is 46.8 Å². The minimum Gasteiger partial charge on any atom is -0.491 e. The molecule has 0 N–H and O–H groups in total. The number of thiophene rings is 2. The highest BCUT2D eigenvalue weighted by Gasteiger charge is 2.25. The van der Waals surface area contributed by atoms with Crippen molar-refractivity contribution in [1.29, 1.82) is 0 Å². The minimum atomic E-state index is 0.412. The maximum Gasteiger partial charge on any atom is 0.119 e. The van der Waals surface area contributed by atoms with Crippen molar-refractivity contribution in [1.82, 2.24) is 18.7 Å². The minimum absolute atomic E-state index is 0.412. The predicted molar refractivity (Wildman–Crippen MR) is 226 cm³/mol. The van der Waals surface area contributed by atoms with Crippen LogP contribution in [0.2, 0.25) is 0 Å². The molecule has 0 unspecified atom stereocenters. The van der Waals surface area contributed by atoms with Gasteiger partial charge in [-0.05, 0) is 71.4 Å². The molecule has 0 bridgehead atoms. The SMILES string of the molecule is COCCOCCOCCOc1ccc(-c2nc3c(-c4cccs4)c4nsnc4c(-c4cccs4)c3nc2-c2ccc(OCCOCCOCCOC)cc2)cc1. The van der Waals surface area contributed by atoms with Crippen LogP contribution in [0.5, 0.6) is 11.5 Å². The number of methoxy groups -OCH3 is 2. The van der Waals surface area contributed by atoms with E-state index in [2.05, 4.69) is 22.9 Å². The molecule has 0 saturated heterocycles. The zero-order chi connectivity index (χ0) is 39.1. The molecule has 3 aromatic carbocycles. The monoisotopic (exact) mass is 828 g/mol. The Bertz CT molecular complexity index is 2090. The fraction of sp³-hybridized carbons (Fsp3) is 0.333. The molecule has 0 fully saturated rings. The maximum atomic E-state index is 6.01. The summed E-state index contributed by atoms with van der Waals surface area (Å²) >= 11 is 4.50. The predicted octanol–water partition coefficient (Wildman–Crippen LogP) is 8.54. The number of ether oxygens (including phenoxy) is 8. The van der Waals surface area contributed by atoms with Crippen LogP contribution in [-0.4, -0.2) is 112 Å². The maximum absolute atomic E-state index is 6.01. The first-order valence-electron chi connectivity index (χ1n) is 18.6. The van der Waals surface area contributed by atoms with Crippen molar-refractivity contribution < 1.29 is 37.9 Å². The van der Waals surface area contributed by atoms with Crippen LogP contribution in [0.3, 0.4) is 0 Å². The Kier molecular flexibility index (Phi) is 15.3. The summed E-state index contributed by atoms with van der Waals surface area (Å²) in [6.45, 7) is 5.96. The molecular formula is C42H44N4O8S3. The van der Waals surface area contributed by atoms with Crippen molar-refractivity contribution >= 4 is 56.5 Å². The van der Waals surface area contributed by atoms with E-state index in [0.29, 0.717) is 79.3 Å². The van der Waals surface area contributed by atoms with E-state index in [1.54, 1.807) is 36.9 Å². The molecule has 0 aliphatic carbocycles. The van der Waals surface area contributed by atoms with Gasteiger partial charge in [-0.25, -0.2) is 9.97 Å². The highest BCUT2D eigenvalue weighted by Crippen LogP contribution is 2.45. The first kappa shape index (κ1) is 40.8. The second-order valence-corrected chi connectivity index (χ2v) is 14.9. The summed E-state index contributed by atoms with van der Waals surface area (Å²) < 4.78 is 53.9. The standard InChI is InChI=1S/C42H44N4O8S3/c1-47-15-17-49-19-21-51-23-25-53-31-11-7-29(8-12-31)37-38(30-9-13-32(14-10-30)54-26-24-52-22-20-50-18-16-48-2)44-40-36(34-6-4-28-56-34)42-41(45-57-46-42)35(39(40)43-37)33-5-3-27-55-33/h3-14,27-28H,15-26H2,1-2H3. The number of hydrogen-bond donors (Lipinski definition) is 0. The molecule has 4 aromatic heterocycles. The largest absolute Gasteiger partial charge is 0.491 e. The lowest BCUT2D eigenvalue weighted by Crippen LogP contribution is -2.12. The summed E-state index contributed by atoms with van der Waals surface area (Å²) in [5.74, 6) is 1.46. The molecule has 0 aliphatic heterocycles. The van der Waals surface area contributed by atoms with Gasteiger partial charge in [0.05, 0.1) is 89.2 Å². The third-order valence-electron chi connectivity index (χ3n) is 8.72. The average Bonchev–Trinajstić information content (AvgIpc) is 4.07. The van der Waals surface area contributed by atoms with Crippen molar-refractivity contribution in [2.75, 3.05) is 93.5 Å². The summed E-state index contributed by atoms with van der Waals surface area (Å²) in [5, 5.41) is 4.13. The second-order valence-electron chi connectivity index (χ2n) is 12.5. The Morgan fingerprint density at radius 1 is 0.439 bits per heavy atom. The van der Waals surface area contributed by atoms with Crippen molar-refractivity contribution in [2.45, 2.75) is 0 Å². The van der Waals surface area contributed by atoms with Crippen LogP contribution in [0, 0.1) is 0 Å². The molecule has 7 rings (SSSR count). The first-order chi connectivity index (χ1) is 28.2. The lowest BCUT2D eigenvalue weighted by atomic mass is 9.99. The second kappa shape index (κ2) is 21.4. The highest BCUT2D eigenvalue weighted by molar-refractivity contribution is 7.14. The van der Waals surface area contributed by atoms with Gasteiger partial charge in [0.15, 0.2) is 0 Å². The van der Waals surface area contributed by atoms with Crippen LogP contribution in [0.15, 0.2) is 83.6 Å². The summed E-state index contributed by atoms with van der Waals surface area (Å²) in [7, 11) is 3.30. The van der Waals surface area contributed by atoms with Gasteiger partial charge in [-0.3, -0.25) is 0 Å². The zero-order valence-electron chi connectivity index (χ0n) is 31.8. The van der Waals surface area contributed by atoms with E-state index >= 15 is 0 Å². The van der Waals surface area contributed by atoms with Gasteiger partial charge in [0, 0.05) is 46.2 Å². The van der Waals surface area contributed by atoms with Gasteiger partial charge in [0.25, 0.3) is 0 Å². The average molecular weight is 829 g/mol. The van der Waals surface area contributed by atoms with Crippen LogP contribution in [-0.2, 0) is 28.4 Å². The quantitative estimate of drug-likeness (QED) is 0.0542. The highest BCUT2D eigenvalue weighted by atomic mass is 32.1. The summed E-state index contributed by atoms with van der Waals surface area (Å²) in [6.07, 6.45) is 0. The topological polar surface area (TPSA) is 125 Å². The van der Waals surface area contributed by atoms with E-state index in [9.17, 15) is 0 Å². The first-order valence-corrected chi connectivity index (χ1v) is 21.1. The third kappa shape index (κ3) is 10.6. The summed E-state index contributed by atoms with van der Waals surface area (Å²) in [4.78, 5) is 13.1. The van der Waals surface area contributed by atoms with Crippen LogP contribution in [0.4, 0.5) is 0 Å². The summed E-state index contributed by atoms with van der Waals surface area (Å²) in [6, 6.07) is 24.2. The van der Waals surface area contributed by atoms with Crippen molar-refractivity contribution in [3.8, 4) is 54.9 Å². The van der Waals surface area contributed by atoms with Crippen LogP contribution in [0.25, 0.3) is 65.5 Å². The number of aromatic nitrogens is 4. The van der Waals surface area contributed by atoms with Crippen molar-refractivity contribution in [3.63, 3.8) is 0 Å². The molecular weight excluding hydrogens is 785 g/mol. The normalized spacial score (nSPS) is 11.5. The lowest BCUT2D eigenvalue weighted by molar-refractivity contribution is 0.0180. The molecule has 0 spiro atoms. The molecule has 0 atom stereocenters. The third-order valence-corrected chi connectivity index (χ3v) is 11.0. The van der Waals surface area contributed by atoms with Crippen LogP contribution < -0.4 is 9.47 Å². The number of benzene rings is 3. The van der Waals surface area contributed by atoms with E-state index in [4.69, 9.17) is 56.6 Å². The molecule has 7 aromatic rings. The van der Waals surface area contributed by atoms with Gasteiger partial charge in [-0.15, -0.1) is 22.7 Å². The summed E-state index contributed by atoms with van der Waals surface area (Å²) in [5.41, 5.74) is 8.31. The molecule has 57 heavy (non-hydrogen) atoms. The van der Waals surface area contributed by atoms with E-state index in [0.717, 1.165) is 77.0 Å². The fourth-order valence-electron chi connectivity index (χ4n) is 6.02. The Hall–Kier alpha value is -4.42. The van der Waals surface area contributed by atoms with E-state index in [1.165, 1.54) is 11.7 Å². The van der Waals surface area contributed by atoms with Crippen LogP contribution >= 0.6 is 34.4 Å². The van der Waals surface area contributed by atoms with Crippen molar-refractivity contribution in [3.05, 3.63) is 83.6 Å². The molecule has 4 heterocycles. The zero-order valence-corrected chi connectivity index (χ0v) is 34.3. The van der Waals surface area contributed by atoms with Crippen molar-refractivity contribution in [2.24, 2.45) is 0 Å². The van der Waals surface area contributed by atoms with Gasteiger partial charge < -0.3 is 37.9 Å². The molecule has 0 saturated carbocycles. The van der Waals surface area contributed by atoms with Gasteiger partial charge in [0.2, 0.25) is 0 Å². The van der Waals surface area contributed by atoms with Gasteiger partial charge in [-0.1, -0.05) is 12.1 Å². The van der Waals surface area contributed by atoms with E-state index < -0.39 is 0 Å². The number of fused-ring (bicyclic) bond motifs is 2. The molecule has 15 heteroatoms. The number of rotatable bonds is 24. The molecule has 0 radical (unpaired) electrons.